The quantitative estimate of drug-likeness (QED) is 0.738. The zero-order valence-corrected chi connectivity index (χ0v) is 11.9. The highest BCUT2D eigenvalue weighted by atomic mass is 16.5. The van der Waals surface area contributed by atoms with Gasteiger partial charge in [0.15, 0.2) is 0 Å². The molecule has 0 bridgehead atoms. The summed E-state index contributed by atoms with van der Waals surface area (Å²) in [4.78, 5) is 0. The third-order valence-electron chi connectivity index (χ3n) is 3.42. The van der Waals surface area contributed by atoms with Crippen LogP contribution in [0.5, 0.6) is 11.5 Å². The van der Waals surface area contributed by atoms with E-state index in [1.807, 2.05) is 0 Å². The minimum absolute atomic E-state index is 0.271. The monoisotopic (exact) mass is 264 g/mol. The molecule has 0 radical (unpaired) electrons. The molecular formula is C15H24N2O2. The normalized spacial score (nSPS) is 17.1. The van der Waals surface area contributed by atoms with E-state index in [2.05, 4.69) is 24.4 Å². The Morgan fingerprint density at radius 1 is 1.42 bits per heavy atom. The van der Waals surface area contributed by atoms with E-state index < -0.39 is 0 Å². The lowest BCUT2D eigenvalue weighted by atomic mass is 10.1. The van der Waals surface area contributed by atoms with Crippen LogP contribution in [0.15, 0.2) is 12.1 Å². The molecular weight excluding hydrogens is 240 g/mol. The minimum atomic E-state index is 0.271. The fraction of sp³-hybridized carbons (Fsp3) is 0.600. The first kappa shape index (κ1) is 14.2. The van der Waals surface area contributed by atoms with Gasteiger partial charge in [0.1, 0.15) is 17.6 Å². The number of nitrogens with two attached hydrogens (primary N) is 1. The van der Waals surface area contributed by atoms with Gasteiger partial charge in [0, 0.05) is 24.1 Å². The maximum Gasteiger partial charge on any atom is 0.123 e. The summed E-state index contributed by atoms with van der Waals surface area (Å²) >= 11 is 0. The van der Waals surface area contributed by atoms with Crippen LogP contribution in [0.2, 0.25) is 0 Å². The minimum Gasteiger partial charge on any atom is -0.496 e. The molecule has 19 heavy (non-hydrogen) atoms. The van der Waals surface area contributed by atoms with Crippen molar-refractivity contribution in [1.82, 2.24) is 5.32 Å². The molecule has 1 aliphatic heterocycles. The molecule has 1 atom stereocenters. The van der Waals surface area contributed by atoms with Gasteiger partial charge in [-0.25, -0.2) is 0 Å². The third kappa shape index (κ3) is 3.61. The number of nitrogens with one attached hydrogen (secondary N) is 1. The Morgan fingerprint density at radius 2 is 2.26 bits per heavy atom. The van der Waals surface area contributed by atoms with Gasteiger partial charge in [0.25, 0.3) is 0 Å². The highest BCUT2D eigenvalue weighted by molar-refractivity contribution is 5.48. The van der Waals surface area contributed by atoms with Gasteiger partial charge in [-0.05, 0) is 45.0 Å². The average molecular weight is 264 g/mol. The van der Waals surface area contributed by atoms with E-state index in [1.54, 1.807) is 7.11 Å². The van der Waals surface area contributed by atoms with Gasteiger partial charge >= 0.3 is 0 Å². The number of ether oxygens (including phenoxy) is 2. The third-order valence-corrected chi connectivity index (χ3v) is 3.42. The van der Waals surface area contributed by atoms with Crippen molar-refractivity contribution in [2.45, 2.75) is 38.8 Å². The molecule has 106 valence electrons. The second kappa shape index (κ2) is 6.78. The van der Waals surface area contributed by atoms with E-state index in [0.29, 0.717) is 0 Å². The molecule has 0 saturated heterocycles. The fourth-order valence-corrected chi connectivity index (χ4v) is 2.43. The summed E-state index contributed by atoms with van der Waals surface area (Å²) in [6.45, 7) is 4.64. The molecule has 2 rings (SSSR count). The number of hydrogen-bond donors (Lipinski definition) is 2. The van der Waals surface area contributed by atoms with Crippen LogP contribution in [0.3, 0.4) is 0 Å². The molecule has 1 aliphatic rings. The predicted octanol–water partition coefficient (Wildman–Crippen LogP) is 1.85. The molecule has 0 fully saturated rings. The first-order chi connectivity index (χ1) is 9.24. The molecule has 0 saturated carbocycles. The van der Waals surface area contributed by atoms with E-state index in [1.165, 1.54) is 5.56 Å². The summed E-state index contributed by atoms with van der Waals surface area (Å²) in [7, 11) is 1.72. The standard InChI is InChI=1S/C15H24N2O2/c1-11-7-12-8-14(18-2)13(9-15(12)19-11)10-17-6-4-3-5-16/h8-9,11,17H,3-7,10,16H2,1-2H3. The Kier molecular flexibility index (Phi) is 5.05. The summed E-state index contributed by atoms with van der Waals surface area (Å²) in [6.07, 6.45) is 3.41. The van der Waals surface area contributed by atoms with Crippen LogP contribution >= 0.6 is 0 Å². The smallest absolute Gasteiger partial charge is 0.123 e. The second-order valence-electron chi connectivity index (χ2n) is 5.08. The van der Waals surface area contributed by atoms with E-state index >= 15 is 0 Å². The van der Waals surface area contributed by atoms with E-state index in [-0.39, 0.29) is 6.10 Å². The van der Waals surface area contributed by atoms with Crippen molar-refractivity contribution >= 4 is 0 Å². The Labute approximate surface area is 115 Å². The van der Waals surface area contributed by atoms with E-state index in [0.717, 1.165) is 56.0 Å². The van der Waals surface area contributed by atoms with Crippen molar-refractivity contribution in [2.24, 2.45) is 5.73 Å². The van der Waals surface area contributed by atoms with Crippen molar-refractivity contribution in [3.05, 3.63) is 23.3 Å². The fourth-order valence-electron chi connectivity index (χ4n) is 2.43. The zero-order chi connectivity index (χ0) is 13.7. The maximum absolute atomic E-state index is 5.79. The van der Waals surface area contributed by atoms with Crippen molar-refractivity contribution < 1.29 is 9.47 Å². The van der Waals surface area contributed by atoms with Crippen LogP contribution in [-0.4, -0.2) is 26.3 Å². The lowest BCUT2D eigenvalue weighted by molar-refractivity contribution is 0.254. The van der Waals surface area contributed by atoms with Crippen LogP contribution in [-0.2, 0) is 13.0 Å². The molecule has 1 aromatic rings. The molecule has 4 nitrogen and oxygen atoms in total. The van der Waals surface area contributed by atoms with Crippen LogP contribution in [0.1, 0.15) is 30.9 Å². The summed E-state index contributed by atoms with van der Waals surface area (Å²) in [5.41, 5.74) is 7.88. The van der Waals surface area contributed by atoms with Gasteiger partial charge in [0.2, 0.25) is 0 Å². The van der Waals surface area contributed by atoms with Gasteiger partial charge in [-0.2, -0.15) is 0 Å². The Bertz CT molecular complexity index is 421. The van der Waals surface area contributed by atoms with Gasteiger partial charge in [0.05, 0.1) is 7.11 Å². The Hall–Kier alpha value is -1.26. The molecule has 1 heterocycles. The average Bonchev–Trinajstić information content (AvgIpc) is 2.76. The predicted molar refractivity (Wildman–Crippen MR) is 76.8 cm³/mol. The van der Waals surface area contributed by atoms with E-state index in [4.69, 9.17) is 15.2 Å². The van der Waals surface area contributed by atoms with Gasteiger partial charge < -0.3 is 20.5 Å². The first-order valence-electron chi connectivity index (χ1n) is 7.01. The Balaban J connectivity index is 1.98. The summed E-state index contributed by atoms with van der Waals surface area (Å²) < 4.78 is 11.3. The molecule has 1 unspecified atom stereocenters. The lowest BCUT2D eigenvalue weighted by Gasteiger charge is -2.12. The number of hydrogen-bond acceptors (Lipinski definition) is 4. The molecule has 0 aliphatic carbocycles. The van der Waals surface area contributed by atoms with Crippen molar-refractivity contribution in [1.29, 1.82) is 0 Å². The highest BCUT2D eigenvalue weighted by Gasteiger charge is 2.21. The SMILES string of the molecule is COc1cc2c(cc1CNCCCCN)OC(C)C2. The van der Waals surface area contributed by atoms with Crippen LogP contribution in [0.25, 0.3) is 0 Å². The largest absolute Gasteiger partial charge is 0.496 e. The van der Waals surface area contributed by atoms with Gasteiger partial charge in [-0.15, -0.1) is 0 Å². The van der Waals surface area contributed by atoms with Crippen molar-refractivity contribution in [2.75, 3.05) is 20.2 Å². The topological polar surface area (TPSA) is 56.5 Å². The van der Waals surface area contributed by atoms with Crippen molar-refractivity contribution in [3.63, 3.8) is 0 Å². The van der Waals surface area contributed by atoms with Gasteiger partial charge in [-0.3, -0.25) is 0 Å². The van der Waals surface area contributed by atoms with E-state index in [9.17, 15) is 0 Å². The molecule has 4 heteroatoms. The lowest BCUT2D eigenvalue weighted by Crippen LogP contribution is -2.16. The number of benzene rings is 1. The maximum atomic E-state index is 5.79. The summed E-state index contributed by atoms with van der Waals surface area (Å²) in [5, 5.41) is 3.42. The number of methoxy groups -OCH3 is 1. The summed E-state index contributed by atoms with van der Waals surface area (Å²) in [6, 6.07) is 4.21. The molecule has 0 spiro atoms. The van der Waals surface area contributed by atoms with Crippen LogP contribution in [0, 0.1) is 0 Å². The van der Waals surface area contributed by atoms with Crippen LogP contribution in [0.4, 0.5) is 0 Å². The van der Waals surface area contributed by atoms with Crippen molar-refractivity contribution in [3.8, 4) is 11.5 Å². The number of fused-ring (bicyclic) bond motifs is 1. The second-order valence-corrected chi connectivity index (χ2v) is 5.08. The molecule has 0 amide bonds. The Morgan fingerprint density at radius 3 is 3.00 bits per heavy atom. The number of unbranched alkanes of at least 4 members (excludes halogenated alkanes) is 1. The van der Waals surface area contributed by atoms with Crippen LogP contribution < -0.4 is 20.5 Å². The first-order valence-corrected chi connectivity index (χ1v) is 7.01. The van der Waals surface area contributed by atoms with Gasteiger partial charge in [-0.1, -0.05) is 0 Å². The molecule has 3 N–H and O–H groups in total. The number of rotatable bonds is 7. The zero-order valence-electron chi connectivity index (χ0n) is 11.9. The summed E-state index contributed by atoms with van der Waals surface area (Å²) in [5.74, 6) is 1.95. The molecule has 1 aromatic carbocycles. The highest BCUT2D eigenvalue weighted by Crippen LogP contribution is 2.34. The molecule has 0 aromatic heterocycles.